The molecule has 0 spiro atoms. The summed E-state index contributed by atoms with van der Waals surface area (Å²) in [6.07, 6.45) is 3.57. The number of anilines is 1. The van der Waals surface area contributed by atoms with Gasteiger partial charge in [-0.25, -0.2) is 17.8 Å². The first-order chi connectivity index (χ1) is 15.1. The number of hydrogen-bond acceptors (Lipinski definition) is 5. The summed E-state index contributed by atoms with van der Waals surface area (Å²) in [5, 5.41) is 14.7. The number of aryl methyl sites for hydroxylation is 1. The van der Waals surface area contributed by atoms with Crippen molar-refractivity contribution in [2.75, 3.05) is 10.5 Å². The average Bonchev–Trinajstić information content (AvgIpc) is 3.39. The molecule has 0 radical (unpaired) electrons. The van der Waals surface area contributed by atoms with Crippen LogP contribution in [0.15, 0.2) is 79.1 Å². The molecule has 0 aliphatic rings. The predicted molar refractivity (Wildman–Crippen MR) is 120 cm³/mol. The van der Waals surface area contributed by atoms with Crippen molar-refractivity contribution in [2.24, 2.45) is 0 Å². The van der Waals surface area contributed by atoms with Crippen LogP contribution in [0.3, 0.4) is 0 Å². The van der Waals surface area contributed by atoms with Crippen LogP contribution in [-0.2, 0) is 23.1 Å². The second-order valence-electron chi connectivity index (χ2n) is 7.30. The Labute approximate surface area is 179 Å². The zero-order valence-electron chi connectivity index (χ0n) is 16.6. The van der Waals surface area contributed by atoms with E-state index < -0.39 is 10.0 Å². The van der Waals surface area contributed by atoms with Gasteiger partial charge < -0.3 is 0 Å². The maximum Gasteiger partial charge on any atom is 0.233 e. The highest BCUT2D eigenvalue weighted by Crippen LogP contribution is 2.20. The van der Waals surface area contributed by atoms with Gasteiger partial charge in [-0.3, -0.25) is 4.72 Å². The SMILES string of the molecule is O=S(=O)(CCc1cccc2ccccc12)Nc1cnn(Cn2nnc3ccccc32)c1. The third-order valence-electron chi connectivity index (χ3n) is 5.13. The molecule has 0 saturated carbocycles. The van der Waals surface area contributed by atoms with Gasteiger partial charge in [-0.05, 0) is 34.9 Å². The second kappa shape index (κ2) is 7.84. The van der Waals surface area contributed by atoms with Crippen LogP contribution in [0.2, 0.25) is 0 Å². The van der Waals surface area contributed by atoms with Crippen molar-refractivity contribution < 1.29 is 8.42 Å². The summed E-state index contributed by atoms with van der Waals surface area (Å²) in [7, 11) is -3.52. The fourth-order valence-electron chi connectivity index (χ4n) is 3.64. The topological polar surface area (TPSA) is 94.7 Å². The average molecular weight is 433 g/mol. The van der Waals surface area contributed by atoms with Crippen molar-refractivity contribution in [3.8, 4) is 0 Å². The summed E-state index contributed by atoms with van der Waals surface area (Å²) >= 11 is 0. The Morgan fingerprint density at radius 3 is 2.68 bits per heavy atom. The van der Waals surface area contributed by atoms with Crippen LogP contribution in [0, 0.1) is 0 Å². The molecule has 0 saturated heterocycles. The van der Waals surface area contributed by atoms with Gasteiger partial charge in [-0.2, -0.15) is 5.10 Å². The van der Waals surface area contributed by atoms with Crippen molar-refractivity contribution in [1.82, 2.24) is 24.8 Å². The zero-order chi connectivity index (χ0) is 21.3. The minimum atomic E-state index is -3.52. The van der Waals surface area contributed by atoms with Gasteiger partial charge in [0.2, 0.25) is 10.0 Å². The molecule has 8 nitrogen and oxygen atoms in total. The second-order valence-corrected chi connectivity index (χ2v) is 9.14. The van der Waals surface area contributed by atoms with E-state index in [0.717, 1.165) is 27.4 Å². The Balaban J connectivity index is 1.27. The largest absolute Gasteiger partial charge is 0.280 e. The van der Waals surface area contributed by atoms with Gasteiger partial charge in [0.25, 0.3) is 0 Å². The normalized spacial score (nSPS) is 11.9. The van der Waals surface area contributed by atoms with E-state index in [4.69, 9.17) is 0 Å². The molecule has 31 heavy (non-hydrogen) atoms. The predicted octanol–water partition coefficient (Wildman–Crippen LogP) is 3.27. The number of fused-ring (bicyclic) bond motifs is 2. The fraction of sp³-hybridized carbons (Fsp3) is 0.136. The molecular weight excluding hydrogens is 412 g/mol. The molecule has 0 bridgehead atoms. The minimum Gasteiger partial charge on any atom is -0.280 e. The summed E-state index contributed by atoms with van der Waals surface area (Å²) in [6.45, 7) is 0.332. The number of benzene rings is 3. The number of rotatable bonds is 7. The minimum absolute atomic E-state index is 0.0140. The highest BCUT2D eigenvalue weighted by Gasteiger charge is 2.14. The van der Waals surface area contributed by atoms with Crippen molar-refractivity contribution in [2.45, 2.75) is 13.1 Å². The molecule has 156 valence electrons. The number of nitrogens with zero attached hydrogens (tertiary/aromatic N) is 5. The number of aromatic nitrogens is 5. The summed E-state index contributed by atoms with van der Waals surface area (Å²) in [5.74, 6) is -0.0140. The Bertz CT molecular complexity index is 1470. The molecule has 5 aromatic rings. The molecule has 9 heteroatoms. The van der Waals surface area contributed by atoms with E-state index in [0.29, 0.717) is 18.8 Å². The standard InChI is InChI=1S/C22H20N6O2S/c29-31(30,13-12-18-8-5-7-17-6-1-2-9-20(17)18)25-19-14-23-27(15-19)16-28-22-11-4-3-10-21(22)24-26-28/h1-11,14-15,25H,12-13,16H2. The molecule has 2 aromatic heterocycles. The first kappa shape index (κ1) is 19.3. The number of nitrogens with one attached hydrogen (secondary N) is 1. The Hall–Kier alpha value is -3.72. The van der Waals surface area contributed by atoms with Crippen LogP contribution < -0.4 is 4.72 Å². The molecule has 0 atom stereocenters. The smallest absolute Gasteiger partial charge is 0.233 e. The highest BCUT2D eigenvalue weighted by molar-refractivity contribution is 7.92. The lowest BCUT2D eigenvalue weighted by Gasteiger charge is -2.08. The molecular formula is C22H20N6O2S. The monoisotopic (exact) mass is 432 g/mol. The lowest BCUT2D eigenvalue weighted by Crippen LogP contribution is -2.18. The van der Waals surface area contributed by atoms with E-state index >= 15 is 0 Å². The number of para-hydroxylation sites is 1. The van der Waals surface area contributed by atoms with Crippen molar-refractivity contribution in [1.29, 1.82) is 0 Å². The first-order valence-corrected chi connectivity index (χ1v) is 11.5. The number of sulfonamides is 1. The molecule has 0 aliphatic heterocycles. The fourth-order valence-corrected chi connectivity index (χ4v) is 4.69. The van der Waals surface area contributed by atoms with Gasteiger partial charge in [0, 0.05) is 0 Å². The van der Waals surface area contributed by atoms with Crippen LogP contribution in [0.25, 0.3) is 21.8 Å². The first-order valence-electron chi connectivity index (χ1n) is 9.85. The number of hydrogen-bond donors (Lipinski definition) is 1. The van der Waals surface area contributed by atoms with Gasteiger partial charge >= 0.3 is 0 Å². The van der Waals surface area contributed by atoms with Gasteiger partial charge in [0.05, 0.1) is 29.4 Å². The lowest BCUT2D eigenvalue weighted by molar-refractivity contribution is 0.502. The van der Waals surface area contributed by atoms with E-state index in [1.165, 1.54) is 6.20 Å². The van der Waals surface area contributed by atoms with Crippen molar-refractivity contribution >= 4 is 37.5 Å². The third kappa shape index (κ3) is 4.13. The van der Waals surface area contributed by atoms with Gasteiger partial charge in [0.1, 0.15) is 12.2 Å². The van der Waals surface area contributed by atoms with Crippen LogP contribution in [0.5, 0.6) is 0 Å². The Morgan fingerprint density at radius 1 is 0.935 bits per heavy atom. The molecule has 0 fully saturated rings. The molecule has 3 aromatic carbocycles. The van der Waals surface area contributed by atoms with E-state index in [1.807, 2.05) is 66.7 Å². The third-order valence-corrected chi connectivity index (χ3v) is 6.41. The van der Waals surface area contributed by atoms with Crippen LogP contribution in [-0.4, -0.2) is 38.9 Å². The van der Waals surface area contributed by atoms with E-state index in [-0.39, 0.29) is 5.75 Å². The molecule has 0 unspecified atom stereocenters. The maximum absolute atomic E-state index is 12.6. The van der Waals surface area contributed by atoms with E-state index in [2.05, 4.69) is 20.1 Å². The molecule has 0 amide bonds. The van der Waals surface area contributed by atoms with Gasteiger partial charge in [-0.1, -0.05) is 59.8 Å². The Kier molecular flexibility index (Phi) is 4.87. The molecule has 2 heterocycles. The summed E-state index contributed by atoms with van der Waals surface area (Å²) in [5.41, 5.74) is 3.11. The van der Waals surface area contributed by atoms with E-state index in [9.17, 15) is 8.42 Å². The van der Waals surface area contributed by atoms with E-state index in [1.54, 1.807) is 15.6 Å². The lowest BCUT2D eigenvalue weighted by atomic mass is 10.0. The molecule has 5 rings (SSSR count). The van der Waals surface area contributed by atoms with Crippen LogP contribution >= 0.6 is 0 Å². The van der Waals surface area contributed by atoms with Crippen molar-refractivity contribution in [3.63, 3.8) is 0 Å². The van der Waals surface area contributed by atoms with Crippen LogP contribution in [0.1, 0.15) is 5.56 Å². The highest BCUT2D eigenvalue weighted by atomic mass is 32.2. The summed E-state index contributed by atoms with van der Waals surface area (Å²) in [6, 6.07) is 21.6. The maximum atomic E-state index is 12.6. The Morgan fingerprint density at radius 2 is 1.74 bits per heavy atom. The summed E-state index contributed by atoms with van der Waals surface area (Å²) in [4.78, 5) is 0. The molecule has 1 N–H and O–H groups in total. The van der Waals surface area contributed by atoms with Crippen molar-refractivity contribution in [3.05, 3.63) is 84.7 Å². The quantitative estimate of drug-likeness (QED) is 0.426. The zero-order valence-corrected chi connectivity index (χ0v) is 17.4. The molecule has 0 aliphatic carbocycles. The van der Waals surface area contributed by atoms with Crippen LogP contribution in [0.4, 0.5) is 5.69 Å². The van der Waals surface area contributed by atoms with Gasteiger partial charge in [-0.15, -0.1) is 5.10 Å². The summed E-state index contributed by atoms with van der Waals surface area (Å²) < 4.78 is 31.2. The van der Waals surface area contributed by atoms with Gasteiger partial charge in [0.15, 0.2) is 0 Å².